The smallest absolute Gasteiger partial charge is 0.229 e. The van der Waals surface area contributed by atoms with Crippen LogP contribution in [0.25, 0.3) is 10.2 Å². The zero-order chi connectivity index (χ0) is 19.5. The third-order valence-electron chi connectivity index (χ3n) is 4.77. The largest absolute Gasteiger partial charge is 0.383 e. The number of fused-ring (bicyclic) bond motifs is 1. The van der Waals surface area contributed by atoms with Crippen LogP contribution < -0.4 is 15.5 Å². The van der Waals surface area contributed by atoms with Gasteiger partial charge in [0, 0.05) is 44.1 Å². The van der Waals surface area contributed by atoms with E-state index in [9.17, 15) is 9.59 Å². The van der Waals surface area contributed by atoms with Crippen molar-refractivity contribution >= 4 is 44.2 Å². The average molecular weight is 395 g/mol. The third-order valence-corrected chi connectivity index (χ3v) is 5.83. The van der Waals surface area contributed by atoms with Gasteiger partial charge >= 0.3 is 0 Å². The summed E-state index contributed by atoms with van der Waals surface area (Å²) in [5.41, 5.74) is 2.93. The maximum absolute atomic E-state index is 12.5. The number of aromatic nitrogens is 2. The van der Waals surface area contributed by atoms with Crippen LogP contribution in [0.2, 0.25) is 0 Å². The Kier molecular flexibility index (Phi) is 5.21. The highest BCUT2D eigenvalue weighted by atomic mass is 32.1. The Morgan fingerprint density at radius 1 is 1.29 bits per heavy atom. The van der Waals surface area contributed by atoms with Gasteiger partial charge in [-0.2, -0.15) is 0 Å². The first kappa shape index (κ1) is 18.4. The number of carbonyl (C=O) groups is 2. The maximum atomic E-state index is 12.5. The van der Waals surface area contributed by atoms with Crippen LogP contribution in [0.1, 0.15) is 12.0 Å². The van der Waals surface area contributed by atoms with Crippen molar-refractivity contribution in [3.05, 3.63) is 48.3 Å². The van der Waals surface area contributed by atoms with Crippen molar-refractivity contribution in [2.75, 3.05) is 29.9 Å². The molecule has 2 aromatic heterocycles. The highest BCUT2D eigenvalue weighted by molar-refractivity contribution is 7.22. The topological polar surface area (TPSA) is 87.2 Å². The molecule has 3 aromatic rings. The number of hydrogen-bond acceptors (Lipinski definition) is 6. The Hall–Kier alpha value is -3.00. The quantitative estimate of drug-likeness (QED) is 0.627. The number of carbonyl (C=O) groups excluding carboxylic acids is 2. The molecule has 1 unspecified atom stereocenters. The molecule has 1 aromatic carbocycles. The predicted octanol–water partition coefficient (Wildman–Crippen LogP) is 2.58. The van der Waals surface area contributed by atoms with Gasteiger partial charge in [0.05, 0.1) is 16.1 Å². The van der Waals surface area contributed by atoms with E-state index in [-0.39, 0.29) is 24.2 Å². The minimum Gasteiger partial charge on any atom is -0.383 e. The number of amides is 2. The van der Waals surface area contributed by atoms with Crippen LogP contribution >= 0.6 is 11.3 Å². The summed E-state index contributed by atoms with van der Waals surface area (Å²) < 4.78 is 1.04. The molecule has 1 saturated heterocycles. The third kappa shape index (κ3) is 3.82. The Morgan fingerprint density at radius 3 is 2.96 bits per heavy atom. The van der Waals surface area contributed by atoms with Gasteiger partial charge in [-0.3, -0.25) is 19.5 Å². The summed E-state index contributed by atoms with van der Waals surface area (Å²) >= 11 is 1.48. The lowest BCUT2D eigenvalue weighted by atomic mass is 10.1. The van der Waals surface area contributed by atoms with Crippen molar-refractivity contribution in [3.63, 3.8) is 0 Å². The Labute approximate surface area is 166 Å². The number of pyridine rings is 1. The number of para-hydroxylation sites is 1. The second-order valence-corrected chi connectivity index (χ2v) is 7.79. The molecule has 1 aliphatic rings. The molecule has 0 aliphatic carbocycles. The van der Waals surface area contributed by atoms with Gasteiger partial charge in [0.15, 0.2) is 5.13 Å². The number of hydrogen-bond donors (Lipinski definition) is 2. The van der Waals surface area contributed by atoms with Gasteiger partial charge in [-0.05, 0) is 30.7 Å². The maximum Gasteiger partial charge on any atom is 0.229 e. The molecule has 0 bridgehead atoms. The van der Waals surface area contributed by atoms with E-state index in [0.717, 1.165) is 21.5 Å². The zero-order valence-electron chi connectivity index (χ0n) is 15.5. The van der Waals surface area contributed by atoms with Gasteiger partial charge in [0.2, 0.25) is 11.8 Å². The summed E-state index contributed by atoms with van der Waals surface area (Å²) in [7, 11) is 0. The molecule has 4 rings (SSSR count). The first-order valence-corrected chi connectivity index (χ1v) is 10.0. The van der Waals surface area contributed by atoms with E-state index < -0.39 is 0 Å². The predicted molar refractivity (Wildman–Crippen MR) is 111 cm³/mol. The van der Waals surface area contributed by atoms with Crippen molar-refractivity contribution < 1.29 is 9.59 Å². The van der Waals surface area contributed by atoms with Crippen molar-refractivity contribution in [2.45, 2.75) is 13.3 Å². The molecular weight excluding hydrogens is 374 g/mol. The van der Waals surface area contributed by atoms with Crippen LogP contribution in [-0.4, -0.2) is 41.4 Å². The van der Waals surface area contributed by atoms with Crippen LogP contribution in [0.4, 0.5) is 10.8 Å². The number of rotatable bonds is 6. The molecular formula is C20H21N5O2S. The van der Waals surface area contributed by atoms with E-state index >= 15 is 0 Å². The fourth-order valence-corrected chi connectivity index (χ4v) is 4.23. The molecule has 2 N–H and O–H groups in total. The molecule has 144 valence electrons. The fraction of sp³-hybridized carbons (Fsp3) is 0.300. The van der Waals surface area contributed by atoms with E-state index in [4.69, 9.17) is 0 Å². The highest BCUT2D eigenvalue weighted by Crippen LogP contribution is 2.32. The summed E-state index contributed by atoms with van der Waals surface area (Å²) in [4.78, 5) is 35.1. The molecule has 8 heteroatoms. The van der Waals surface area contributed by atoms with Crippen LogP contribution in [0, 0.1) is 12.8 Å². The summed E-state index contributed by atoms with van der Waals surface area (Å²) in [5.74, 6) is -0.489. The van der Waals surface area contributed by atoms with Crippen molar-refractivity contribution in [3.8, 4) is 0 Å². The monoisotopic (exact) mass is 395 g/mol. The Balaban J connectivity index is 1.31. The molecule has 0 spiro atoms. The number of aryl methyl sites for hydroxylation is 1. The second kappa shape index (κ2) is 7.93. The zero-order valence-corrected chi connectivity index (χ0v) is 16.3. The standard InChI is InChI=1S/C20H21N5O2S/c1-13-11-21-7-6-15(13)22-8-9-23-19(27)14-10-18(26)25(12-14)20-24-16-4-2-3-5-17(16)28-20/h2-7,11,14H,8-10,12H2,1H3,(H,21,22)(H,23,27). The summed E-state index contributed by atoms with van der Waals surface area (Å²) in [6.45, 7) is 3.46. The Bertz CT molecular complexity index is 986. The van der Waals surface area contributed by atoms with Crippen molar-refractivity contribution in [1.29, 1.82) is 0 Å². The van der Waals surface area contributed by atoms with Gasteiger partial charge in [-0.25, -0.2) is 4.98 Å². The SMILES string of the molecule is Cc1cnccc1NCCNC(=O)C1CC(=O)N(c2nc3ccccc3s2)C1. The van der Waals surface area contributed by atoms with E-state index in [1.165, 1.54) is 11.3 Å². The molecule has 7 nitrogen and oxygen atoms in total. The molecule has 0 saturated carbocycles. The lowest BCUT2D eigenvalue weighted by Crippen LogP contribution is -2.35. The average Bonchev–Trinajstić information content (AvgIpc) is 3.29. The summed E-state index contributed by atoms with van der Waals surface area (Å²) in [6, 6.07) is 9.70. The van der Waals surface area contributed by atoms with Crippen molar-refractivity contribution in [1.82, 2.24) is 15.3 Å². The minimum absolute atomic E-state index is 0.0512. The summed E-state index contributed by atoms with van der Waals surface area (Å²) in [5, 5.41) is 6.86. The van der Waals surface area contributed by atoms with Gasteiger partial charge in [0.1, 0.15) is 0 Å². The lowest BCUT2D eigenvalue weighted by molar-refractivity contribution is -0.126. The van der Waals surface area contributed by atoms with Crippen LogP contribution in [-0.2, 0) is 9.59 Å². The molecule has 1 fully saturated rings. The van der Waals surface area contributed by atoms with Gasteiger partial charge < -0.3 is 10.6 Å². The van der Waals surface area contributed by atoms with Crippen molar-refractivity contribution in [2.24, 2.45) is 5.92 Å². The molecule has 2 amide bonds. The summed E-state index contributed by atoms with van der Waals surface area (Å²) in [6.07, 6.45) is 3.75. The number of nitrogens with one attached hydrogen (secondary N) is 2. The van der Waals surface area contributed by atoms with Crippen LogP contribution in [0.3, 0.4) is 0 Å². The first-order chi connectivity index (χ1) is 13.6. The van der Waals surface area contributed by atoms with E-state index in [1.807, 2.05) is 37.3 Å². The number of thiazole rings is 1. The first-order valence-electron chi connectivity index (χ1n) is 9.20. The molecule has 1 aliphatic heterocycles. The number of nitrogens with zero attached hydrogens (tertiary/aromatic N) is 3. The lowest BCUT2D eigenvalue weighted by Gasteiger charge is -2.14. The Morgan fingerprint density at radius 2 is 2.14 bits per heavy atom. The van der Waals surface area contributed by atoms with Crippen LogP contribution in [0.15, 0.2) is 42.7 Å². The highest BCUT2D eigenvalue weighted by Gasteiger charge is 2.36. The van der Waals surface area contributed by atoms with E-state index in [0.29, 0.717) is 24.8 Å². The van der Waals surface area contributed by atoms with E-state index in [1.54, 1.807) is 17.3 Å². The molecule has 28 heavy (non-hydrogen) atoms. The number of benzene rings is 1. The molecule has 3 heterocycles. The molecule has 0 radical (unpaired) electrons. The fourth-order valence-electron chi connectivity index (χ4n) is 3.24. The molecule has 1 atom stereocenters. The van der Waals surface area contributed by atoms with Crippen LogP contribution in [0.5, 0.6) is 0 Å². The van der Waals surface area contributed by atoms with Gasteiger partial charge in [-0.15, -0.1) is 0 Å². The normalized spacial score (nSPS) is 16.5. The van der Waals surface area contributed by atoms with Gasteiger partial charge in [0.25, 0.3) is 0 Å². The second-order valence-electron chi connectivity index (χ2n) is 6.78. The number of anilines is 2. The minimum atomic E-state index is -0.345. The van der Waals surface area contributed by atoms with Gasteiger partial charge in [-0.1, -0.05) is 23.5 Å². The van der Waals surface area contributed by atoms with E-state index in [2.05, 4.69) is 20.6 Å².